The van der Waals surface area contributed by atoms with Crippen LogP contribution in [0.25, 0.3) is 0 Å². The normalized spacial score (nSPS) is 12.7. The van der Waals surface area contributed by atoms with E-state index in [9.17, 15) is 0 Å². The highest BCUT2D eigenvalue weighted by Gasteiger charge is 2.17. The molecule has 17 heavy (non-hydrogen) atoms. The Labute approximate surface area is 106 Å². The lowest BCUT2D eigenvalue weighted by Crippen LogP contribution is -2.18. The van der Waals surface area contributed by atoms with Crippen LogP contribution >= 0.6 is 11.6 Å². The zero-order valence-corrected chi connectivity index (χ0v) is 11.0. The Morgan fingerprint density at radius 2 is 2.12 bits per heavy atom. The van der Waals surface area contributed by atoms with E-state index < -0.39 is 0 Å². The molecule has 1 heterocycles. The van der Waals surface area contributed by atoms with Gasteiger partial charge in [0.2, 0.25) is 0 Å². The summed E-state index contributed by atoms with van der Waals surface area (Å²) in [5.74, 6) is 0. The SMILES string of the molecule is CNC(c1ccn(C)n1)c1ccc(C)cc1Cl. The second kappa shape index (κ2) is 4.90. The van der Waals surface area contributed by atoms with Gasteiger partial charge in [-0.3, -0.25) is 4.68 Å². The van der Waals surface area contributed by atoms with Crippen molar-refractivity contribution in [3.05, 3.63) is 52.3 Å². The van der Waals surface area contributed by atoms with Gasteiger partial charge in [-0.2, -0.15) is 5.10 Å². The summed E-state index contributed by atoms with van der Waals surface area (Å²) in [7, 11) is 3.82. The van der Waals surface area contributed by atoms with Crippen LogP contribution in [0.5, 0.6) is 0 Å². The topological polar surface area (TPSA) is 29.9 Å². The molecule has 0 aliphatic rings. The summed E-state index contributed by atoms with van der Waals surface area (Å²) in [6, 6.07) is 8.12. The van der Waals surface area contributed by atoms with Crippen molar-refractivity contribution >= 4 is 11.6 Å². The number of benzene rings is 1. The highest BCUT2D eigenvalue weighted by molar-refractivity contribution is 6.31. The number of nitrogens with zero attached hydrogens (tertiary/aromatic N) is 2. The van der Waals surface area contributed by atoms with Crippen LogP contribution < -0.4 is 5.32 Å². The van der Waals surface area contributed by atoms with E-state index in [1.165, 1.54) is 0 Å². The third kappa shape index (κ3) is 2.51. The number of halogens is 1. The van der Waals surface area contributed by atoms with Crippen LogP contribution in [-0.2, 0) is 7.05 Å². The van der Waals surface area contributed by atoms with Crippen LogP contribution in [0.1, 0.15) is 22.9 Å². The van der Waals surface area contributed by atoms with Gasteiger partial charge in [0, 0.05) is 18.3 Å². The first-order valence-electron chi connectivity index (χ1n) is 5.54. The number of hydrogen-bond donors (Lipinski definition) is 1. The molecule has 0 amide bonds. The second-order valence-electron chi connectivity index (χ2n) is 4.16. The first-order chi connectivity index (χ1) is 8.11. The fraction of sp³-hybridized carbons (Fsp3) is 0.308. The molecule has 1 atom stereocenters. The maximum absolute atomic E-state index is 6.29. The van der Waals surface area contributed by atoms with Crippen molar-refractivity contribution in [3.63, 3.8) is 0 Å². The monoisotopic (exact) mass is 249 g/mol. The van der Waals surface area contributed by atoms with E-state index in [0.29, 0.717) is 0 Å². The van der Waals surface area contributed by atoms with Crippen molar-refractivity contribution in [2.45, 2.75) is 13.0 Å². The van der Waals surface area contributed by atoms with E-state index in [1.807, 2.05) is 45.4 Å². The molecule has 1 aromatic heterocycles. The van der Waals surface area contributed by atoms with Gasteiger partial charge in [-0.15, -0.1) is 0 Å². The maximum atomic E-state index is 6.29. The summed E-state index contributed by atoms with van der Waals surface area (Å²) in [6.45, 7) is 2.03. The van der Waals surface area contributed by atoms with Crippen molar-refractivity contribution in [1.29, 1.82) is 0 Å². The quantitative estimate of drug-likeness (QED) is 0.907. The molecule has 90 valence electrons. The average Bonchev–Trinajstić information content (AvgIpc) is 2.69. The zero-order chi connectivity index (χ0) is 12.4. The largest absolute Gasteiger partial charge is 0.308 e. The molecular formula is C13H16ClN3. The molecule has 0 fully saturated rings. The Kier molecular flexibility index (Phi) is 3.50. The van der Waals surface area contributed by atoms with Gasteiger partial charge in [-0.25, -0.2) is 0 Å². The van der Waals surface area contributed by atoms with Crippen LogP contribution in [0.4, 0.5) is 0 Å². The minimum Gasteiger partial charge on any atom is -0.308 e. The molecule has 1 unspecified atom stereocenters. The fourth-order valence-electron chi connectivity index (χ4n) is 1.92. The molecule has 0 radical (unpaired) electrons. The Morgan fingerprint density at radius 3 is 2.65 bits per heavy atom. The highest BCUT2D eigenvalue weighted by atomic mass is 35.5. The van der Waals surface area contributed by atoms with Crippen molar-refractivity contribution in [2.24, 2.45) is 7.05 Å². The van der Waals surface area contributed by atoms with Crippen LogP contribution in [0.15, 0.2) is 30.5 Å². The third-order valence-electron chi connectivity index (χ3n) is 2.79. The lowest BCUT2D eigenvalue weighted by Gasteiger charge is -2.16. The highest BCUT2D eigenvalue weighted by Crippen LogP contribution is 2.27. The molecule has 0 saturated carbocycles. The molecule has 0 spiro atoms. The molecule has 2 aromatic rings. The summed E-state index contributed by atoms with van der Waals surface area (Å²) in [5.41, 5.74) is 3.19. The number of aryl methyl sites for hydroxylation is 2. The molecule has 0 bridgehead atoms. The Balaban J connectivity index is 2.42. The van der Waals surface area contributed by atoms with E-state index in [-0.39, 0.29) is 6.04 Å². The molecule has 3 nitrogen and oxygen atoms in total. The van der Waals surface area contributed by atoms with E-state index in [4.69, 9.17) is 11.6 Å². The van der Waals surface area contributed by atoms with Gasteiger partial charge < -0.3 is 5.32 Å². The summed E-state index contributed by atoms with van der Waals surface area (Å²) in [6.07, 6.45) is 1.93. The number of rotatable bonds is 3. The van der Waals surface area contributed by atoms with Crippen molar-refractivity contribution in [3.8, 4) is 0 Å². The molecule has 0 aliphatic heterocycles. The molecule has 2 rings (SSSR count). The predicted molar refractivity (Wildman–Crippen MR) is 70.3 cm³/mol. The van der Waals surface area contributed by atoms with Crippen molar-refractivity contribution in [2.75, 3.05) is 7.05 Å². The lowest BCUT2D eigenvalue weighted by molar-refractivity contribution is 0.642. The number of hydrogen-bond acceptors (Lipinski definition) is 2. The molecule has 1 aromatic carbocycles. The Hall–Kier alpha value is -1.32. The van der Waals surface area contributed by atoms with Crippen LogP contribution in [0, 0.1) is 6.92 Å². The summed E-state index contributed by atoms with van der Waals surface area (Å²) >= 11 is 6.29. The summed E-state index contributed by atoms with van der Waals surface area (Å²) in [4.78, 5) is 0. The minimum atomic E-state index is 0.0318. The molecule has 0 aliphatic carbocycles. The van der Waals surface area contributed by atoms with Crippen LogP contribution in [-0.4, -0.2) is 16.8 Å². The first kappa shape index (κ1) is 12.1. The van der Waals surface area contributed by atoms with Crippen LogP contribution in [0.2, 0.25) is 5.02 Å². The van der Waals surface area contributed by atoms with E-state index in [0.717, 1.165) is 21.8 Å². The number of aromatic nitrogens is 2. The number of nitrogens with one attached hydrogen (secondary N) is 1. The minimum absolute atomic E-state index is 0.0318. The lowest BCUT2D eigenvalue weighted by atomic mass is 10.0. The third-order valence-corrected chi connectivity index (χ3v) is 3.11. The maximum Gasteiger partial charge on any atom is 0.0839 e. The van der Waals surface area contributed by atoms with E-state index in [2.05, 4.69) is 16.5 Å². The smallest absolute Gasteiger partial charge is 0.0839 e. The van der Waals surface area contributed by atoms with Gasteiger partial charge in [0.15, 0.2) is 0 Å². The van der Waals surface area contributed by atoms with Crippen molar-refractivity contribution < 1.29 is 0 Å². The standard InChI is InChI=1S/C13H16ClN3/c1-9-4-5-10(11(14)8-9)13(15-2)12-6-7-17(3)16-12/h4-8,13,15H,1-3H3. The summed E-state index contributed by atoms with van der Waals surface area (Å²) < 4.78 is 1.79. The van der Waals surface area contributed by atoms with Crippen LogP contribution in [0.3, 0.4) is 0 Å². The fourth-order valence-corrected chi connectivity index (χ4v) is 2.26. The predicted octanol–water partition coefficient (Wildman–Crippen LogP) is 2.69. The van der Waals surface area contributed by atoms with Gasteiger partial charge in [-0.1, -0.05) is 23.7 Å². The first-order valence-corrected chi connectivity index (χ1v) is 5.92. The second-order valence-corrected chi connectivity index (χ2v) is 4.57. The zero-order valence-electron chi connectivity index (χ0n) is 10.2. The van der Waals surface area contributed by atoms with Gasteiger partial charge >= 0.3 is 0 Å². The van der Waals surface area contributed by atoms with E-state index in [1.54, 1.807) is 4.68 Å². The average molecular weight is 250 g/mol. The Bertz CT molecular complexity index is 519. The van der Waals surface area contributed by atoms with E-state index >= 15 is 0 Å². The molecule has 0 saturated heterocycles. The van der Waals surface area contributed by atoms with Gasteiger partial charge in [0.25, 0.3) is 0 Å². The summed E-state index contributed by atoms with van der Waals surface area (Å²) in [5, 5.41) is 8.44. The van der Waals surface area contributed by atoms with Gasteiger partial charge in [0.1, 0.15) is 0 Å². The van der Waals surface area contributed by atoms with Gasteiger partial charge in [0.05, 0.1) is 11.7 Å². The molecule has 1 N–H and O–H groups in total. The van der Waals surface area contributed by atoms with Gasteiger partial charge in [-0.05, 0) is 37.2 Å². The molecule has 4 heteroatoms. The molecular weight excluding hydrogens is 234 g/mol. The Morgan fingerprint density at radius 1 is 1.35 bits per heavy atom. The van der Waals surface area contributed by atoms with Crippen molar-refractivity contribution in [1.82, 2.24) is 15.1 Å².